The molecule has 0 spiro atoms. The van der Waals surface area contributed by atoms with Crippen LogP contribution in [0.25, 0.3) is 11.1 Å². The van der Waals surface area contributed by atoms with Crippen molar-refractivity contribution < 1.29 is 30.6 Å². The molecule has 0 fully saturated rings. The van der Waals surface area contributed by atoms with E-state index in [2.05, 4.69) is 0 Å². The molecule has 0 aliphatic rings. The highest BCUT2D eigenvalue weighted by Crippen LogP contribution is 2.51. The maximum Gasteiger partial charge on any atom is 0.200 e. The first-order valence-electron chi connectivity index (χ1n) is 5.75. The fraction of sp³-hybridized carbons (Fsp3) is 0.143. The Hall–Kier alpha value is -2.76. The van der Waals surface area contributed by atoms with Crippen molar-refractivity contribution in [3.63, 3.8) is 0 Å². The monoisotopic (exact) mass is 278 g/mol. The van der Waals surface area contributed by atoms with Crippen LogP contribution in [0.15, 0.2) is 12.1 Å². The molecular weight excluding hydrogens is 264 g/mol. The van der Waals surface area contributed by atoms with Gasteiger partial charge in [0.05, 0.1) is 0 Å². The maximum atomic E-state index is 9.96. The Bertz CT molecular complexity index is 644. The molecule has 0 radical (unpaired) electrons. The van der Waals surface area contributed by atoms with Gasteiger partial charge in [-0.25, -0.2) is 0 Å². The van der Waals surface area contributed by atoms with Gasteiger partial charge in [-0.3, -0.25) is 0 Å². The topological polar surface area (TPSA) is 121 Å². The first kappa shape index (κ1) is 13.7. The number of phenolic OH excluding ortho intramolecular Hbond substituents is 6. The minimum Gasteiger partial charge on any atom is -0.504 e. The second kappa shape index (κ2) is 4.41. The molecule has 2 aromatic carbocycles. The van der Waals surface area contributed by atoms with Gasteiger partial charge in [0.15, 0.2) is 23.0 Å². The van der Waals surface area contributed by atoms with Crippen LogP contribution < -0.4 is 0 Å². The zero-order valence-corrected chi connectivity index (χ0v) is 10.8. The molecule has 0 aliphatic heterocycles. The van der Waals surface area contributed by atoms with Gasteiger partial charge in [0, 0.05) is 11.1 Å². The second-order valence-electron chi connectivity index (χ2n) is 4.57. The molecule has 0 atom stereocenters. The number of phenols is 6. The number of aryl methyl sites for hydroxylation is 2. The van der Waals surface area contributed by atoms with Crippen molar-refractivity contribution in [2.24, 2.45) is 0 Å². The van der Waals surface area contributed by atoms with Gasteiger partial charge in [-0.15, -0.1) is 0 Å². The largest absolute Gasteiger partial charge is 0.504 e. The summed E-state index contributed by atoms with van der Waals surface area (Å²) >= 11 is 0. The molecule has 20 heavy (non-hydrogen) atoms. The van der Waals surface area contributed by atoms with Crippen molar-refractivity contribution in [3.05, 3.63) is 23.3 Å². The molecule has 0 heterocycles. The van der Waals surface area contributed by atoms with Gasteiger partial charge in [-0.2, -0.15) is 0 Å². The predicted octanol–water partition coefficient (Wildman–Crippen LogP) is 2.20. The fourth-order valence-corrected chi connectivity index (χ4v) is 2.18. The van der Waals surface area contributed by atoms with Gasteiger partial charge in [0.25, 0.3) is 0 Å². The summed E-state index contributed by atoms with van der Waals surface area (Å²) in [5.74, 6) is -3.68. The summed E-state index contributed by atoms with van der Waals surface area (Å²) in [6, 6.07) is 2.43. The number of aromatic hydroxyl groups is 6. The van der Waals surface area contributed by atoms with Crippen LogP contribution >= 0.6 is 0 Å². The van der Waals surface area contributed by atoms with Gasteiger partial charge in [-0.05, 0) is 37.1 Å². The molecule has 0 aliphatic carbocycles. The Kier molecular flexibility index (Phi) is 3.01. The Balaban J connectivity index is 2.90. The van der Waals surface area contributed by atoms with Gasteiger partial charge in [-0.1, -0.05) is 0 Å². The Morgan fingerprint density at radius 3 is 1.15 bits per heavy atom. The summed E-state index contributed by atoms with van der Waals surface area (Å²) < 4.78 is 0. The average Bonchev–Trinajstić information content (AvgIpc) is 2.37. The summed E-state index contributed by atoms with van der Waals surface area (Å²) in [6.07, 6.45) is 0. The molecule has 6 nitrogen and oxygen atoms in total. The summed E-state index contributed by atoms with van der Waals surface area (Å²) in [4.78, 5) is 0. The molecule has 0 aromatic heterocycles. The molecule has 6 N–H and O–H groups in total. The van der Waals surface area contributed by atoms with Crippen molar-refractivity contribution in [3.8, 4) is 45.6 Å². The lowest BCUT2D eigenvalue weighted by Crippen LogP contribution is -1.91. The highest BCUT2D eigenvalue weighted by molar-refractivity contribution is 5.86. The molecule has 2 rings (SSSR count). The van der Waals surface area contributed by atoms with E-state index in [1.54, 1.807) is 13.8 Å². The van der Waals surface area contributed by atoms with Gasteiger partial charge in [0.2, 0.25) is 11.5 Å². The van der Waals surface area contributed by atoms with Crippen molar-refractivity contribution >= 4 is 0 Å². The third kappa shape index (κ3) is 1.82. The summed E-state index contributed by atoms with van der Waals surface area (Å²) in [5, 5.41) is 57.9. The summed E-state index contributed by atoms with van der Waals surface area (Å²) in [6.45, 7) is 3.11. The minimum atomic E-state index is -0.725. The van der Waals surface area contributed by atoms with E-state index in [9.17, 15) is 30.6 Å². The minimum absolute atomic E-state index is 0.0607. The number of hydrogen-bond donors (Lipinski definition) is 6. The molecule has 106 valence electrons. The van der Waals surface area contributed by atoms with Crippen molar-refractivity contribution in [1.82, 2.24) is 0 Å². The van der Waals surface area contributed by atoms with E-state index in [-0.39, 0.29) is 11.1 Å². The van der Waals surface area contributed by atoms with Crippen LogP contribution in [0.4, 0.5) is 0 Å². The van der Waals surface area contributed by atoms with Crippen LogP contribution in [-0.2, 0) is 0 Å². The summed E-state index contributed by atoms with van der Waals surface area (Å²) in [5.41, 5.74) is 0.874. The Labute approximate surface area is 114 Å². The van der Waals surface area contributed by atoms with Crippen LogP contribution in [-0.4, -0.2) is 30.6 Å². The lowest BCUT2D eigenvalue weighted by Gasteiger charge is -2.16. The lowest BCUT2D eigenvalue weighted by molar-refractivity contribution is 0.364. The maximum absolute atomic E-state index is 9.96. The molecule has 0 amide bonds. The summed E-state index contributed by atoms with van der Waals surface area (Å²) in [7, 11) is 0. The van der Waals surface area contributed by atoms with Crippen LogP contribution in [0, 0.1) is 13.8 Å². The zero-order chi connectivity index (χ0) is 15.2. The quantitative estimate of drug-likeness (QED) is 0.445. The zero-order valence-electron chi connectivity index (χ0n) is 10.8. The van der Waals surface area contributed by atoms with E-state index < -0.39 is 34.5 Å². The highest BCUT2D eigenvalue weighted by atomic mass is 16.3. The molecule has 0 unspecified atom stereocenters. The fourth-order valence-electron chi connectivity index (χ4n) is 2.18. The molecular formula is C14H14O6. The first-order valence-corrected chi connectivity index (χ1v) is 5.75. The standard InChI is InChI=1S/C14H14O6/c1-5-3-7(15)11(17)13(19)9(5)10-6(2)4-8(16)12(18)14(10)20/h3-4,15-20H,1-2H3. The van der Waals surface area contributed by atoms with E-state index >= 15 is 0 Å². The van der Waals surface area contributed by atoms with E-state index in [4.69, 9.17) is 0 Å². The van der Waals surface area contributed by atoms with Crippen LogP contribution in [0.5, 0.6) is 34.5 Å². The smallest absolute Gasteiger partial charge is 0.200 e. The lowest BCUT2D eigenvalue weighted by atomic mass is 9.93. The first-order chi connectivity index (χ1) is 9.25. The SMILES string of the molecule is Cc1cc(O)c(O)c(O)c1-c1c(C)cc(O)c(O)c1O. The van der Waals surface area contributed by atoms with Crippen LogP contribution in [0.3, 0.4) is 0 Å². The van der Waals surface area contributed by atoms with Crippen LogP contribution in [0.2, 0.25) is 0 Å². The van der Waals surface area contributed by atoms with Gasteiger partial charge in [0.1, 0.15) is 0 Å². The Morgan fingerprint density at radius 1 is 0.550 bits per heavy atom. The van der Waals surface area contributed by atoms with Gasteiger partial charge < -0.3 is 30.6 Å². The van der Waals surface area contributed by atoms with E-state index in [0.29, 0.717) is 11.1 Å². The van der Waals surface area contributed by atoms with E-state index in [0.717, 1.165) is 0 Å². The Morgan fingerprint density at radius 2 is 0.850 bits per heavy atom. The van der Waals surface area contributed by atoms with E-state index in [1.165, 1.54) is 12.1 Å². The van der Waals surface area contributed by atoms with Crippen molar-refractivity contribution in [2.75, 3.05) is 0 Å². The normalized spacial score (nSPS) is 10.7. The number of hydrogen-bond acceptors (Lipinski definition) is 6. The molecule has 0 saturated carbocycles. The third-order valence-electron chi connectivity index (χ3n) is 3.15. The molecule has 2 aromatic rings. The second-order valence-corrected chi connectivity index (χ2v) is 4.57. The van der Waals surface area contributed by atoms with E-state index in [1.807, 2.05) is 0 Å². The molecule has 0 saturated heterocycles. The van der Waals surface area contributed by atoms with Crippen LogP contribution in [0.1, 0.15) is 11.1 Å². The van der Waals surface area contributed by atoms with Crippen molar-refractivity contribution in [2.45, 2.75) is 13.8 Å². The van der Waals surface area contributed by atoms with Crippen molar-refractivity contribution in [1.29, 1.82) is 0 Å². The van der Waals surface area contributed by atoms with Gasteiger partial charge >= 0.3 is 0 Å². The number of rotatable bonds is 1. The number of benzene rings is 2. The third-order valence-corrected chi connectivity index (χ3v) is 3.15. The highest BCUT2D eigenvalue weighted by Gasteiger charge is 2.23. The molecule has 0 bridgehead atoms. The molecule has 6 heteroatoms. The predicted molar refractivity (Wildman–Crippen MR) is 71.3 cm³/mol. The average molecular weight is 278 g/mol.